The summed E-state index contributed by atoms with van der Waals surface area (Å²) in [4.78, 5) is 103. The van der Waals surface area contributed by atoms with E-state index in [9.17, 15) is 58.8 Å². The van der Waals surface area contributed by atoms with E-state index in [1.54, 1.807) is 55.6 Å². The van der Waals surface area contributed by atoms with Gasteiger partial charge in [0.05, 0.1) is 13.8 Å². The molecule has 482 valence electrons. The van der Waals surface area contributed by atoms with Gasteiger partial charge in [0.1, 0.15) is 55.8 Å². The molecule has 20 nitrogen and oxygen atoms in total. The molecule has 0 saturated heterocycles. The van der Waals surface area contributed by atoms with Gasteiger partial charge in [0.2, 0.25) is 5.91 Å². The van der Waals surface area contributed by atoms with Crippen molar-refractivity contribution in [2.24, 2.45) is 23.7 Å². The predicted octanol–water partition coefficient (Wildman–Crippen LogP) is 11.6. The standard InChI is InChI=1S/C58H72N2O18.C2H4I2.CH3.3HI.V/c1-35(2)27-42(55(69)73-24-26-76-58(72)48(28-36(3)4)60-37(5)61)33-44(62)34-43(29-38-7-15-45(16-8-38)77-53(67)21-13-40-11-19-49(63)51(65)31-40)56(70)74-23-25-75-57(71)47(59-6)30-39-9-17-46(18-10-39)78-54(68)22-14-41-12-20-50(64)52(66)32-41;1-2(3)4;;;;;/h7-12,15-20,31-32,35-36,42-43,47-48,59,63-66H,13-14,21-30,33-34H2,1-6H3,(H,60,61);2H,1H3;1H3;3*1H;/q;;-1;;;;+3/p-3. The number of nitrogens with one attached hydrogen (secondary N) is 2. The second-order valence-corrected chi connectivity index (χ2v) is 61.9. The zero-order chi connectivity index (χ0) is 64.5. The molecule has 0 fully saturated rings. The van der Waals surface area contributed by atoms with Gasteiger partial charge in [-0.15, -0.1) is 0 Å². The number of ketones is 1. The van der Waals surface area contributed by atoms with Gasteiger partial charge in [-0.25, -0.2) is 4.79 Å². The molecule has 4 atom stereocenters. The number of aromatic hydroxyl groups is 4. The van der Waals surface area contributed by atoms with Crippen LogP contribution in [-0.4, -0.2) is 115 Å². The summed E-state index contributed by atoms with van der Waals surface area (Å²) >= 11 is 12.0. The third-order valence-corrected chi connectivity index (χ3v) is 12.1. The molecule has 0 radical (unpaired) electrons. The molecule has 1 amide bonds. The van der Waals surface area contributed by atoms with Crippen molar-refractivity contribution < 1.29 is 92.1 Å². The first-order valence-electron chi connectivity index (χ1n) is 27.3. The van der Waals surface area contributed by atoms with E-state index in [1.807, 2.05) is 27.7 Å². The molecule has 4 aromatic carbocycles. The van der Waals surface area contributed by atoms with E-state index in [-0.39, 0.29) is 143 Å². The molecular weight excluding hydrogens is 1730 g/mol. The van der Waals surface area contributed by atoms with Crippen LogP contribution in [0.5, 0.6) is 34.5 Å². The van der Waals surface area contributed by atoms with Crippen molar-refractivity contribution >= 4 is 153 Å². The number of halogens is 5. The fourth-order valence-electron chi connectivity index (χ4n) is 8.16. The minimum absolute atomic E-state index is 0. The van der Waals surface area contributed by atoms with Crippen LogP contribution >= 0.6 is 105 Å². The maximum absolute atomic E-state index is 13.8. The van der Waals surface area contributed by atoms with Crippen LogP contribution in [0.25, 0.3) is 0 Å². The molecule has 0 bridgehead atoms. The molecule has 4 rings (SSSR count). The minimum atomic E-state index is -1.07. The Labute approximate surface area is 575 Å². The summed E-state index contributed by atoms with van der Waals surface area (Å²) < 4.78 is 33.4. The first kappa shape index (κ1) is 81.2. The van der Waals surface area contributed by atoms with Crippen molar-refractivity contribution in [2.75, 3.05) is 33.5 Å². The number of esters is 6. The number of hydrogen-bond acceptors (Lipinski definition) is 19. The van der Waals surface area contributed by atoms with Crippen LogP contribution in [0.2, 0.25) is 0 Å². The summed E-state index contributed by atoms with van der Waals surface area (Å²) in [5.41, 5.74) is 2.54. The van der Waals surface area contributed by atoms with Gasteiger partial charge in [-0.05, 0) is 135 Å². The number of rotatable bonds is 32. The zero-order valence-electron chi connectivity index (χ0n) is 49.9. The topological polar surface area (TPSA) is 297 Å². The number of amides is 1. The molecule has 0 aromatic heterocycles. The number of carbonyl (C=O) groups is 8. The summed E-state index contributed by atoms with van der Waals surface area (Å²) in [6.45, 7) is 9.70. The molecule has 6 N–H and O–H groups in total. The number of aryl methyl sites for hydroxylation is 2. The molecule has 87 heavy (non-hydrogen) atoms. The number of phenolic OH excluding ortho intramolecular Hbond substituents is 4. The number of alkyl halides is 2. The van der Waals surface area contributed by atoms with Crippen LogP contribution < -0.4 is 20.1 Å². The van der Waals surface area contributed by atoms with Crippen molar-refractivity contribution in [3.63, 3.8) is 0 Å². The van der Waals surface area contributed by atoms with Crippen LogP contribution in [0, 0.1) is 31.1 Å². The Morgan fingerprint density at radius 1 is 0.506 bits per heavy atom. The fraction of sp³-hybridized carbons (Fsp3) is 0.459. The number of ether oxygens (including phenoxy) is 6. The molecule has 0 aliphatic heterocycles. The fourth-order valence-corrected chi connectivity index (χ4v) is 8.16. The second kappa shape index (κ2) is 44.7. The van der Waals surface area contributed by atoms with Gasteiger partial charge in [0.25, 0.3) is 0 Å². The third-order valence-electron chi connectivity index (χ3n) is 12.1. The molecule has 0 spiro atoms. The molecule has 4 unspecified atom stereocenters. The van der Waals surface area contributed by atoms with E-state index in [0.717, 1.165) is 1.93 Å². The number of Topliss-reactive ketones (excluding diaryl/α,β-unsaturated/α-hetero) is 1. The Morgan fingerprint density at radius 3 is 1.24 bits per heavy atom. The van der Waals surface area contributed by atoms with Gasteiger partial charge < -0.3 is 66.9 Å². The molecule has 0 aliphatic rings. The Hall–Kier alpha value is -3.77. The predicted molar refractivity (Wildman–Crippen MR) is 368 cm³/mol. The normalized spacial score (nSPS) is 12.1. The van der Waals surface area contributed by atoms with E-state index in [0.29, 0.717) is 28.7 Å². The van der Waals surface area contributed by atoms with Crippen molar-refractivity contribution in [2.45, 2.75) is 120 Å². The van der Waals surface area contributed by atoms with Gasteiger partial charge in [-0.2, -0.15) is 0 Å². The molecule has 0 aliphatic carbocycles. The molecular formula is C61H79I5N2O18V-. The number of carbonyl (C=O) groups excluding carboxylic acids is 8. The van der Waals surface area contributed by atoms with Gasteiger partial charge in [0, 0.05) is 32.6 Å². The maximum atomic E-state index is 13.8. The van der Waals surface area contributed by atoms with Crippen molar-refractivity contribution in [1.82, 2.24) is 10.6 Å². The summed E-state index contributed by atoms with van der Waals surface area (Å²) in [5, 5.41) is 44.0. The van der Waals surface area contributed by atoms with Crippen molar-refractivity contribution in [1.29, 1.82) is 0 Å². The van der Waals surface area contributed by atoms with Gasteiger partial charge in [0.15, 0.2) is 23.0 Å². The van der Waals surface area contributed by atoms with E-state index < -0.39 is 71.4 Å². The molecule has 0 heterocycles. The number of phenols is 4. The zero-order valence-corrected chi connectivity index (χ0v) is 62.0. The molecule has 0 saturated carbocycles. The average Bonchev–Trinajstić information content (AvgIpc) is 3.65. The molecule has 26 heteroatoms. The van der Waals surface area contributed by atoms with Crippen LogP contribution in [0.4, 0.5) is 0 Å². The van der Waals surface area contributed by atoms with Crippen LogP contribution in [0.15, 0.2) is 84.9 Å². The van der Waals surface area contributed by atoms with Crippen LogP contribution in [0.1, 0.15) is 102 Å². The summed E-state index contributed by atoms with van der Waals surface area (Å²) in [6, 6.07) is 19.7. The van der Waals surface area contributed by atoms with Gasteiger partial charge >= 0.3 is 101 Å². The van der Waals surface area contributed by atoms with Crippen LogP contribution in [-0.2, 0) is 87.9 Å². The Bertz CT molecular complexity index is 2780. The Balaban J connectivity index is 0.00000395. The van der Waals surface area contributed by atoms with E-state index >= 15 is 0 Å². The SMILES string of the molecule is CC(I)I.CNC(Cc1ccc(OC(=O)CCc2ccc(O)c(O)c2)cc1)C(=O)OCCOC(=O)C(CC(=O)CC(CC(C)C)C(=O)OCCOC(=O)C(CC(C)C)NC(C)=O)Cc1ccc(OC(=O)CCc2ccc(O)c(O)c2)cc1.[CH3-].[I][V]([I])[I]. The first-order chi connectivity index (χ1) is 40.5. The van der Waals surface area contributed by atoms with Crippen LogP contribution in [0.3, 0.4) is 0 Å². The average molecular weight is 1810 g/mol. The van der Waals surface area contributed by atoms with E-state index in [1.165, 1.54) is 43.3 Å². The summed E-state index contributed by atoms with van der Waals surface area (Å²) in [7, 11) is 1.57. The Morgan fingerprint density at radius 2 is 0.862 bits per heavy atom. The summed E-state index contributed by atoms with van der Waals surface area (Å²) in [6.07, 6.45) is 0.698. The number of hydrogen-bond donors (Lipinski definition) is 6. The first-order valence-corrected chi connectivity index (χ1v) is 43.4. The summed E-state index contributed by atoms with van der Waals surface area (Å²) in [5.74, 6) is -7.26. The number of benzene rings is 4. The monoisotopic (exact) mass is 1810 g/mol. The second-order valence-electron chi connectivity index (χ2n) is 20.4. The third kappa shape index (κ3) is 36.6. The quantitative estimate of drug-likeness (QED) is 0.00387. The van der Waals surface area contributed by atoms with Crippen molar-refractivity contribution in [3.8, 4) is 34.5 Å². The van der Waals surface area contributed by atoms with E-state index in [2.05, 4.69) is 123 Å². The van der Waals surface area contributed by atoms with Crippen molar-refractivity contribution in [3.05, 3.63) is 115 Å². The Kier molecular flexibility index (Phi) is 41.7. The molecule has 4 aromatic rings. The van der Waals surface area contributed by atoms with E-state index in [4.69, 9.17) is 28.4 Å². The van der Waals surface area contributed by atoms with Gasteiger partial charge in [-0.3, -0.25) is 33.6 Å². The van der Waals surface area contributed by atoms with Gasteiger partial charge in [-0.1, -0.05) is 109 Å². The number of likely N-dealkylation sites (N-methyl/N-ethyl adjacent to an activating group) is 1.